The van der Waals surface area contributed by atoms with Gasteiger partial charge in [0.25, 0.3) is 5.69 Å². The van der Waals surface area contributed by atoms with Crippen LogP contribution in [0.15, 0.2) is 47.4 Å². The first-order valence-electron chi connectivity index (χ1n) is 8.32. The van der Waals surface area contributed by atoms with E-state index in [9.17, 15) is 23.3 Å². The molecule has 0 bridgehead atoms. The summed E-state index contributed by atoms with van der Waals surface area (Å²) in [6.45, 7) is 4.16. The molecule has 27 heavy (non-hydrogen) atoms. The lowest BCUT2D eigenvalue weighted by molar-refractivity contribution is -0.384. The number of aryl methyl sites for hydroxylation is 2. The summed E-state index contributed by atoms with van der Waals surface area (Å²) in [7, 11) is -3.88. The quantitative estimate of drug-likeness (QED) is 0.623. The second-order valence-corrected chi connectivity index (χ2v) is 8.26. The van der Waals surface area contributed by atoms with Crippen LogP contribution in [0.1, 0.15) is 17.5 Å². The molecule has 0 spiro atoms. The summed E-state index contributed by atoms with van der Waals surface area (Å²) in [5.74, 6) is -0.158. The van der Waals surface area contributed by atoms with Crippen molar-refractivity contribution in [3.63, 3.8) is 0 Å². The van der Waals surface area contributed by atoms with Crippen LogP contribution in [0.3, 0.4) is 0 Å². The molecule has 2 aromatic rings. The summed E-state index contributed by atoms with van der Waals surface area (Å²) in [6.07, 6.45) is 0.0547. The molecule has 1 saturated heterocycles. The third kappa shape index (κ3) is 3.99. The summed E-state index contributed by atoms with van der Waals surface area (Å²) < 4.78 is 27.5. The van der Waals surface area contributed by atoms with Crippen molar-refractivity contribution < 1.29 is 18.1 Å². The van der Waals surface area contributed by atoms with Crippen LogP contribution in [0.4, 0.5) is 11.4 Å². The first-order valence-corrected chi connectivity index (χ1v) is 9.80. The molecular formula is C18H19N3O5S. The number of carbonyl (C=O) groups is 1. The van der Waals surface area contributed by atoms with Gasteiger partial charge in [-0.05, 0) is 49.2 Å². The lowest BCUT2D eigenvalue weighted by Gasteiger charge is -2.18. The lowest BCUT2D eigenvalue weighted by atomic mass is 10.1. The van der Waals surface area contributed by atoms with Crippen molar-refractivity contribution in [3.05, 3.63) is 63.7 Å². The number of hydrogen-bond acceptors (Lipinski definition) is 5. The molecule has 9 heteroatoms. The van der Waals surface area contributed by atoms with E-state index in [0.717, 1.165) is 28.9 Å². The SMILES string of the molecule is Cc1ccc(N2C[C@H](NS(=O)(=O)c3ccc([N+](=O)[O-])cc3)CC2=O)cc1C. The van der Waals surface area contributed by atoms with E-state index >= 15 is 0 Å². The predicted molar refractivity (Wildman–Crippen MR) is 100 cm³/mol. The molecule has 1 aliphatic rings. The second-order valence-electron chi connectivity index (χ2n) is 6.55. The average molecular weight is 389 g/mol. The molecule has 1 amide bonds. The highest BCUT2D eigenvalue weighted by Gasteiger charge is 2.33. The van der Waals surface area contributed by atoms with Gasteiger partial charge in [-0.25, -0.2) is 13.1 Å². The van der Waals surface area contributed by atoms with Crippen LogP contribution < -0.4 is 9.62 Å². The van der Waals surface area contributed by atoms with Gasteiger partial charge in [-0.2, -0.15) is 0 Å². The van der Waals surface area contributed by atoms with E-state index in [1.807, 2.05) is 32.0 Å². The Balaban J connectivity index is 1.75. The summed E-state index contributed by atoms with van der Waals surface area (Å²) >= 11 is 0. The third-order valence-corrected chi connectivity index (χ3v) is 6.14. The highest BCUT2D eigenvalue weighted by Crippen LogP contribution is 2.25. The van der Waals surface area contributed by atoms with Crippen LogP contribution in [0, 0.1) is 24.0 Å². The third-order valence-electron chi connectivity index (χ3n) is 4.61. The van der Waals surface area contributed by atoms with Gasteiger partial charge < -0.3 is 4.90 Å². The summed E-state index contributed by atoms with van der Waals surface area (Å²) in [4.78, 5) is 23.9. The highest BCUT2D eigenvalue weighted by molar-refractivity contribution is 7.89. The van der Waals surface area contributed by atoms with Crippen LogP contribution >= 0.6 is 0 Å². The van der Waals surface area contributed by atoms with Gasteiger partial charge in [-0.15, -0.1) is 0 Å². The Morgan fingerprint density at radius 3 is 2.37 bits per heavy atom. The van der Waals surface area contributed by atoms with Crippen molar-refractivity contribution >= 4 is 27.3 Å². The topological polar surface area (TPSA) is 110 Å². The van der Waals surface area contributed by atoms with Gasteiger partial charge >= 0.3 is 0 Å². The summed E-state index contributed by atoms with van der Waals surface area (Å²) in [5, 5.41) is 10.7. The number of hydrogen-bond donors (Lipinski definition) is 1. The number of nitro benzene ring substituents is 1. The number of carbonyl (C=O) groups excluding carboxylic acids is 1. The van der Waals surface area contributed by atoms with Crippen LogP contribution in [0.5, 0.6) is 0 Å². The number of non-ortho nitro benzene ring substituents is 1. The van der Waals surface area contributed by atoms with E-state index < -0.39 is 21.0 Å². The maximum absolute atomic E-state index is 12.5. The normalized spacial score (nSPS) is 17.3. The van der Waals surface area contributed by atoms with Crippen LogP contribution in [-0.2, 0) is 14.8 Å². The highest BCUT2D eigenvalue weighted by atomic mass is 32.2. The van der Waals surface area contributed by atoms with Gasteiger partial charge in [-0.1, -0.05) is 6.07 Å². The van der Waals surface area contributed by atoms with Crippen LogP contribution in [0.2, 0.25) is 0 Å². The first kappa shape index (κ1) is 19.0. The number of nitrogens with one attached hydrogen (secondary N) is 1. The number of amides is 1. The maximum atomic E-state index is 12.5. The molecule has 0 aliphatic carbocycles. The van der Waals surface area contributed by atoms with E-state index in [0.29, 0.717) is 0 Å². The van der Waals surface area contributed by atoms with E-state index in [2.05, 4.69) is 4.72 Å². The van der Waals surface area contributed by atoms with E-state index in [-0.39, 0.29) is 29.5 Å². The van der Waals surface area contributed by atoms with Crippen LogP contribution in [-0.4, -0.2) is 31.8 Å². The molecule has 8 nitrogen and oxygen atoms in total. The Hall–Kier alpha value is -2.78. The van der Waals surface area contributed by atoms with Gasteiger partial charge in [0.15, 0.2) is 0 Å². The monoisotopic (exact) mass is 389 g/mol. The van der Waals surface area contributed by atoms with Gasteiger partial charge in [0.05, 0.1) is 9.82 Å². The molecule has 1 heterocycles. The van der Waals surface area contributed by atoms with Crippen molar-refractivity contribution in [1.29, 1.82) is 0 Å². The zero-order valence-corrected chi connectivity index (χ0v) is 15.7. The number of nitrogens with zero attached hydrogens (tertiary/aromatic N) is 2. The summed E-state index contributed by atoms with van der Waals surface area (Å²) in [5.41, 5.74) is 2.71. The lowest BCUT2D eigenvalue weighted by Crippen LogP contribution is -2.37. The summed E-state index contributed by atoms with van der Waals surface area (Å²) in [6, 6.07) is 9.72. The zero-order valence-electron chi connectivity index (χ0n) is 14.9. The molecule has 1 N–H and O–H groups in total. The van der Waals surface area contributed by atoms with Crippen molar-refractivity contribution in [2.75, 3.05) is 11.4 Å². The fourth-order valence-corrected chi connectivity index (χ4v) is 4.19. The molecule has 0 unspecified atom stereocenters. The molecule has 0 radical (unpaired) electrons. The Morgan fingerprint density at radius 2 is 1.78 bits per heavy atom. The average Bonchev–Trinajstić information content (AvgIpc) is 2.97. The largest absolute Gasteiger partial charge is 0.311 e. The van der Waals surface area contributed by atoms with E-state index in [1.54, 1.807) is 4.90 Å². The Kier molecular flexibility index (Phi) is 4.99. The van der Waals surface area contributed by atoms with Crippen LogP contribution in [0.25, 0.3) is 0 Å². The number of benzene rings is 2. The molecule has 0 saturated carbocycles. The van der Waals surface area contributed by atoms with Gasteiger partial charge in [0.2, 0.25) is 15.9 Å². The minimum absolute atomic E-state index is 0.0547. The van der Waals surface area contributed by atoms with Gasteiger partial charge in [0.1, 0.15) is 0 Å². The Bertz CT molecular complexity index is 1000. The molecule has 142 valence electrons. The Morgan fingerprint density at radius 1 is 1.11 bits per heavy atom. The smallest absolute Gasteiger partial charge is 0.269 e. The van der Waals surface area contributed by atoms with E-state index in [4.69, 9.17) is 0 Å². The maximum Gasteiger partial charge on any atom is 0.269 e. The molecule has 2 aromatic carbocycles. The van der Waals surface area contributed by atoms with Crippen molar-refractivity contribution in [2.24, 2.45) is 0 Å². The Labute approximate surface area is 157 Å². The molecule has 1 fully saturated rings. The molecular weight excluding hydrogens is 370 g/mol. The molecule has 3 rings (SSSR count). The molecule has 0 aromatic heterocycles. The minimum atomic E-state index is -3.88. The van der Waals surface area contributed by atoms with Crippen molar-refractivity contribution in [2.45, 2.75) is 31.2 Å². The fourth-order valence-electron chi connectivity index (χ4n) is 2.96. The number of sulfonamides is 1. The number of nitro groups is 1. The first-order chi connectivity index (χ1) is 12.7. The predicted octanol–water partition coefficient (Wildman–Crippen LogP) is 2.30. The van der Waals surface area contributed by atoms with Gasteiger partial charge in [-0.3, -0.25) is 14.9 Å². The molecule has 1 aliphatic heterocycles. The molecule has 1 atom stereocenters. The number of anilines is 1. The van der Waals surface area contributed by atoms with Gasteiger partial charge in [0, 0.05) is 36.8 Å². The number of rotatable bonds is 5. The zero-order chi connectivity index (χ0) is 19.8. The minimum Gasteiger partial charge on any atom is -0.311 e. The van der Waals surface area contributed by atoms with E-state index in [1.165, 1.54) is 12.1 Å². The fraction of sp³-hybridized carbons (Fsp3) is 0.278. The second kappa shape index (κ2) is 7.09. The van der Waals surface area contributed by atoms with Crippen molar-refractivity contribution in [3.8, 4) is 0 Å². The standard InChI is InChI=1S/C18H19N3O5S/c1-12-3-4-16(9-13(12)2)20-11-14(10-18(20)22)19-27(25,26)17-7-5-15(6-8-17)21(23)24/h3-9,14,19H,10-11H2,1-2H3/t14-/m1/s1. The van der Waals surface area contributed by atoms with Crippen molar-refractivity contribution in [1.82, 2.24) is 4.72 Å².